The highest BCUT2D eigenvalue weighted by atomic mass is 16.5. The second-order valence-electron chi connectivity index (χ2n) is 7.88. The maximum atomic E-state index is 12.1. The van der Waals surface area contributed by atoms with Crippen molar-refractivity contribution in [2.45, 2.75) is 13.3 Å². The van der Waals surface area contributed by atoms with Crippen molar-refractivity contribution in [2.24, 2.45) is 5.73 Å². The van der Waals surface area contributed by atoms with E-state index in [1.54, 1.807) is 18.3 Å². The van der Waals surface area contributed by atoms with Crippen LogP contribution in [-0.4, -0.2) is 59.0 Å². The van der Waals surface area contributed by atoms with E-state index in [0.29, 0.717) is 17.8 Å². The monoisotopic (exact) mass is 448 g/mol. The van der Waals surface area contributed by atoms with Gasteiger partial charge >= 0.3 is 0 Å². The van der Waals surface area contributed by atoms with E-state index in [9.17, 15) is 4.79 Å². The predicted octanol–water partition coefficient (Wildman–Crippen LogP) is 2.40. The summed E-state index contributed by atoms with van der Waals surface area (Å²) in [6, 6.07) is 11.2. The number of nitrogen functional groups attached to an aromatic ring is 1. The maximum Gasteiger partial charge on any atom is 0.271 e. The molecule has 5 N–H and O–H groups in total. The zero-order valence-corrected chi connectivity index (χ0v) is 18.8. The number of anilines is 4. The topological polar surface area (TPSA) is 136 Å². The number of likely N-dealkylation sites (N-methyl/N-ethyl adjacent to an activating group) is 1. The van der Waals surface area contributed by atoms with E-state index in [1.165, 1.54) is 0 Å². The van der Waals surface area contributed by atoms with E-state index in [4.69, 9.17) is 16.2 Å². The standard InChI is InChI=1S/C23H28N8O2/c1-3-18-23(33-19-14-15(24)8-9-26-19)29-22(20(28-18)21(25)32)27-16-4-6-17(7-5-16)31-12-10-30(2)11-13-31/h4-9,14H,3,10-13H2,1-2H3,(H2,24,26)(H2,25,32)(H,27,29). The minimum absolute atomic E-state index is 0.0443. The molecule has 0 atom stereocenters. The van der Waals surface area contributed by atoms with Crippen molar-refractivity contribution in [2.75, 3.05) is 49.2 Å². The minimum Gasteiger partial charge on any atom is -0.419 e. The Bertz CT molecular complexity index is 1130. The van der Waals surface area contributed by atoms with Crippen LogP contribution >= 0.6 is 0 Å². The molecule has 10 heteroatoms. The summed E-state index contributed by atoms with van der Waals surface area (Å²) < 4.78 is 5.83. The van der Waals surface area contributed by atoms with Gasteiger partial charge in [0.25, 0.3) is 5.91 Å². The lowest BCUT2D eigenvalue weighted by Crippen LogP contribution is -2.44. The van der Waals surface area contributed by atoms with Crippen molar-refractivity contribution in [1.82, 2.24) is 19.9 Å². The molecule has 0 saturated carbocycles. The number of amides is 1. The summed E-state index contributed by atoms with van der Waals surface area (Å²) in [5.74, 6) is 0.0544. The number of carbonyl (C=O) groups is 1. The quantitative estimate of drug-likeness (QED) is 0.498. The number of aromatic nitrogens is 3. The molecule has 0 bridgehead atoms. The highest BCUT2D eigenvalue weighted by molar-refractivity contribution is 5.96. The van der Waals surface area contributed by atoms with Crippen LogP contribution in [0.5, 0.6) is 11.8 Å². The van der Waals surface area contributed by atoms with Crippen molar-refractivity contribution in [3.63, 3.8) is 0 Å². The number of nitrogens with zero attached hydrogens (tertiary/aromatic N) is 5. The molecular weight excluding hydrogens is 420 g/mol. The zero-order chi connectivity index (χ0) is 23.4. The fraction of sp³-hybridized carbons (Fsp3) is 0.304. The molecule has 4 rings (SSSR count). The highest BCUT2D eigenvalue weighted by Gasteiger charge is 2.19. The molecule has 3 heterocycles. The third kappa shape index (κ3) is 5.29. The average Bonchev–Trinajstić information content (AvgIpc) is 2.80. The summed E-state index contributed by atoms with van der Waals surface area (Å²) in [5, 5.41) is 3.15. The van der Waals surface area contributed by atoms with Gasteiger partial charge in [-0.1, -0.05) is 6.92 Å². The van der Waals surface area contributed by atoms with Crippen LogP contribution in [0, 0.1) is 0 Å². The van der Waals surface area contributed by atoms with Gasteiger partial charge in [-0.05, 0) is 43.8 Å². The van der Waals surface area contributed by atoms with Gasteiger partial charge in [0.05, 0.1) is 0 Å². The van der Waals surface area contributed by atoms with Crippen LogP contribution in [-0.2, 0) is 6.42 Å². The Hall–Kier alpha value is -3.92. The molecule has 1 saturated heterocycles. The van der Waals surface area contributed by atoms with Gasteiger partial charge < -0.3 is 31.3 Å². The molecule has 1 aliphatic heterocycles. The molecule has 1 fully saturated rings. The van der Waals surface area contributed by atoms with Crippen molar-refractivity contribution in [1.29, 1.82) is 0 Å². The Balaban J connectivity index is 1.59. The number of piperazine rings is 1. The van der Waals surface area contributed by atoms with Gasteiger partial charge in [0, 0.05) is 55.5 Å². The smallest absolute Gasteiger partial charge is 0.271 e. The molecule has 3 aromatic rings. The summed E-state index contributed by atoms with van der Waals surface area (Å²) in [5.41, 5.74) is 14.3. The number of hydrogen-bond donors (Lipinski definition) is 3. The first-order valence-corrected chi connectivity index (χ1v) is 10.8. The lowest BCUT2D eigenvalue weighted by molar-refractivity contribution is 0.0996. The van der Waals surface area contributed by atoms with Crippen LogP contribution in [0.4, 0.5) is 22.9 Å². The van der Waals surface area contributed by atoms with Gasteiger partial charge in [-0.25, -0.2) is 9.97 Å². The number of nitrogens with two attached hydrogens (primary N) is 2. The normalized spacial score (nSPS) is 14.2. The molecule has 2 aromatic heterocycles. The molecule has 10 nitrogen and oxygen atoms in total. The lowest BCUT2D eigenvalue weighted by Gasteiger charge is -2.34. The number of aryl methyl sites for hydroxylation is 1. The predicted molar refractivity (Wildman–Crippen MR) is 128 cm³/mol. The number of hydrogen-bond acceptors (Lipinski definition) is 9. The minimum atomic E-state index is -0.678. The van der Waals surface area contributed by atoms with Crippen LogP contribution in [0.15, 0.2) is 42.6 Å². The van der Waals surface area contributed by atoms with E-state index in [0.717, 1.165) is 37.6 Å². The first kappa shape index (κ1) is 22.3. The first-order valence-electron chi connectivity index (χ1n) is 10.8. The molecule has 172 valence electrons. The number of nitrogens with one attached hydrogen (secondary N) is 1. The lowest BCUT2D eigenvalue weighted by atomic mass is 10.2. The third-order valence-corrected chi connectivity index (χ3v) is 5.46. The Morgan fingerprint density at radius 1 is 1.12 bits per heavy atom. The summed E-state index contributed by atoms with van der Waals surface area (Å²) >= 11 is 0. The Labute approximate surface area is 192 Å². The number of carbonyl (C=O) groups excluding carboxylic acids is 1. The second kappa shape index (κ2) is 9.70. The maximum absolute atomic E-state index is 12.1. The zero-order valence-electron chi connectivity index (χ0n) is 18.8. The summed E-state index contributed by atoms with van der Waals surface area (Å²) in [6.45, 7) is 5.92. The number of primary amides is 1. The summed E-state index contributed by atoms with van der Waals surface area (Å²) in [6.07, 6.45) is 2.04. The Morgan fingerprint density at radius 3 is 2.48 bits per heavy atom. The highest BCUT2D eigenvalue weighted by Crippen LogP contribution is 2.28. The van der Waals surface area contributed by atoms with E-state index in [1.807, 2.05) is 31.2 Å². The van der Waals surface area contributed by atoms with Gasteiger partial charge in [-0.3, -0.25) is 4.79 Å². The van der Waals surface area contributed by atoms with Crippen molar-refractivity contribution in [3.8, 4) is 11.8 Å². The van der Waals surface area contributed by atoms with Crippen molar-refractivity contribution < 1.29 is 9.53 Å². The molecular formula is C23H28N8O2. The van der Waals surface area contributed by atoms with E-state index >= 15 is 0 Å². The SMILES string of the molecule is CCc1nc(C(N)=O)c(Nc2ccc(N3CCN(C)CC3)cc2)nc1Oc1cc(N)ccn1. The Kier molecular flexibility index (Phi) is 6.55. The second-order valence-corrected chi connectivity index (χ2v) is 7.88. The number of ether oxygens (including phenoxy) is 1. The summed E-state index contributed by atoms with van der Waals surface area (Å²) in [4.78, 5) is 29.8. The molecule has 1 amide bonds. The van der Waals surface area contributed by atoms with Crippen LogP contribution in [0.1, 0.15) is 23.1 Å². The largest absolute Gasteiger partial charge is 0.419 e. The van der Waals surface area contributed by atoms with E-state index in [2.05, 4.69) is 37.1 Å². The Morgan fingerprint density at radius 2 is 1.85 bits per heavy atom. The third-order valence-electron chi connectivity index (χ3n) is 5.46. The van der Waals surface area contributed by atoms with E-state index < -0.39 is 5.91 Å². The average molecular weight is 449 g/mol. The number of benzene rings is 1. The fourth-order valence-electron chi connectivity index (χ4n) is 3.56. The molecule has 0 spiro atoms. The van der Waals surface area contributed by atoms with Gasteiger partial charge in [-0.2, -0.15) is 4.98 Å². The van der Waals surface area contributed by atoms with Gasteiger partial charge in [-0.15, -0.1) is 0 Å². The van der Waals surface area contributed by atoms with E-state index in [-0.39, 0.29) is 23.3 Å². The molecule has 0 aliphatic carbocycles. The number of pyridine rings is 1. The van der Waals surface area contributed by atoms with Gasteiger partial charge in [0.1, 0.15) is 5.69 Å². The number of rotatable bonds is 7. The van der Waals surface area contributed by atoms with Crippen molar-refractivity contribution >= 4 is 28.8 Å². The first-order chi connectivity index (χ1) is 15.9. The molecule has 1 aliphatic rings. The molecule has 0 radical (unpaired) electrons. The van der Waals surface area contributed by atoms with Crippen LogP contribution in [0.25, 0.3) is 0 Å². The molecule has 0 unspecified atom stereocenters. The summed E-state index contributed by atoms with van der Waals surface area (Å²) in [7, 11) is 2.13. The fourth-order valence-corrected chi connectivity index (χ4v) is 3.56. The van der Waals surface area contributed by atoms with Crippen LogP contribution in [0.2, 0.25) is 0 Å². The van der Waals surface area contributed by atoms with Crippen molar-refractivity contribution in [3.05, 3.63) is 54.0 Å². The van der Waals surface area contributed by atoms with Crippen LogP contribution < -0.4 is 26.4 Å². The van der Waals surface area contributed by atoms with Gasteiger partial charge in [0.15, 0.2) is 11.5 Å². The molecule has 33 heavy (non-hydrogen) atoms. The molecule has 1 aromatic carbocycles. The van der Waals surface area contributed by atoms with Gasteiger partial charge in [0.2, 0.25) is 11.8 Å². The van der Waals surface area contributed by atoms with Crippen LogP contribution in [0.3, 0.4) is 0 Å².